The van der Waals surface area contributed by atoms with E-state index >= 15 is 0 Å². The van der Waals surface area contributed by atoms with E-state index in [0.29, 0.717) is 49.1 Å². The molecule has 11 nitrogen and oxygen atoms in total. The molecule has 1 fully saturated rings. The van der Waals surface area contributed by atoms with Gasteiger partial charge in [0, 0.05) is 43.2 Å². The van der Waals surface area contributed by atoms with E-state index in [1.807, 2.05) is 24.0 Å². The van der Waals surface area contributed by atoms with Crippen molar-refractivity contribution in [3.8, 4) is 11.1 Å². The summed E-state index contributed by atoms with van der Waals surface area (Å²) < 4.78 is 0.855. The number of carbonyl (C=O) groups is 2. The van der Waals surface area contributed by atoms with Crippen molar-refractivity contribution in [3.05, 3.63) is 30.1 Å². The summed E-state index contributed by atoms with van der Waals surface area (Å²) in [6, 6.07) is 3.54. The van der Waals surface area contributed by atoms with Gasteiger partial charge in [0.2, 0.25) is 5.95 Å². The number of oxime groups is 1. The van der Waals surface area contributed by atoms with Crippen LogP contribution in [0.25, 0.3) is 21.3 Å². The molecule has 2 aromatic heterocycles. The average molecular weight is 498 g/mol. The fraction of sp³-hybridized carbons (Fsp3) is 0.391. The minimum atomic E-state index is -0.761. The number of thiazole rings is 1. The Morgan fingerprint density at radius 2 is 1.97 bits per heavy atom. The standard InChI is InChI=1S/C23H27N7O4S/c1-4-24-21(33)29-22-28-17-10-14(9-15(13-27-34-3)18(17)35-22)16-11-25-20(26-12-16)30-7-5-23(2,6-8-30)19(31)32/h9-13H,4-8H2,1-3H3,(H,31,32)(H2,24,28,29,33)/b27-13-. The van der Waals surface area contributed by atoms with Crippen molar-refractivity contribution in [2.45, 2.75) is 26.7 Å². The summed E-state index contributed by atoms with van der Waals surface area (Å²) in [4.78, 5) is 43.9. The van der Waals surface area contributed by atoms with Gasteiger partial charge in [-0.15, -0.1) is 0 Å². The summed E-state index contributed by atoms with van der Waals surface area (Å²) in [5.41, 5.74) is 2.42. The zero-order valence-corrected chi connectivity index (χ0v) is 20.6. The normalized spacial score (nSPS) is 15.3. The molecule has 1 saturated heterocycles. The average Bonchev–Trinajstić information content (AvgIpc) is 3.25. The largest absolute Gasteiger partial charge is 0.481 e. The number of carboxylic acid groups (broad SMARTS) is 1. The number of urea groups is 1. The van der Waals surface area contributed by atoms with E-state index in [4.69, 9.17) is 4.84 Å². The van der Waals surface area contributed by atoms with E-state index in [1.165, 1.54) is 18.4 Å². The number of amides is 2. The summed E-state index contributed by atoms with van der Waals surface area (Å²) in [5.74, 6) is -0.187. The molecule has 12 heteroatoms. The molecule has 3 aromatic rings. The third-order valence-electron chi connectivity index (χ3n) is 6.01. The first-order chi connectivity index (χ1) is 16.8. The molecule has 1 aliphatic rings. The highest BCUT2D eigenvalue weighted by Crippen LogP contribution is 2.34. The van der Waals surface area contributed by atoms with E-state index in [9.17, 15) is 14.7 Å². The zero-order valence-electron chi connectivity index (χ0n) is 19.7. The number of aliphatic carboxylic acids is 1. The van der Waals surface area contributed by atoms with E-state index < -0.39 is 11.4 Å². The van der Waals surface area contributed by atoms with Gasteiger partial charge in [-0.05, 0) is 44.4 Å². The first-order valence-electron chi connectivity index (χ1n) is 11.2. The maximum Gasteiger partial charge on any atom is 0.321 e. The molecular formula is C23H27N7O4S. The predicted octanol–water partition coefficient (Wildman–Crippen LogP) is 3.57. The highest BCUT2D eigenvalue weighted by molar-refractivity contribution is 7.22. The number of hydrogen-bond donors (Lipinski definition) is 3. The fourth-order valence-electron chi connectivity index (χ4n) is 3.83. The third kappa shape index (κ3) is 5.32. The van der Waals surface area contributed by atoms with Crippen molar-refractivity contribution in [1.29, 1.82) is 0 Å². The van der Waals surface area contributed by atoms with Crippen molar-refractivity contribution in [2.75, 3.05) is 37.0 Å². The zero-order chi connectivity index (χ0) is 25.0. The van der Waals surface area contributed by atoms with Crippen LogP contribution in [0.1, 0.15) is 32.3 Å². The number of carboxylic acids is 1. The van der Waals surface area contributed by atoms with Crippen molar-refractivity contribution >= 4 is 50.8 Å². The van der Waals surface area contributed by atoms with Crippen molar-refractivity contribution in [2.24, 2.45) is 10.6 Å². The number of carbonyl (C=O) groups excluding carboxylic acids is 1. The van der Waals surface area contributed by atoms with Gasteiger partial charge >= 0.3 is 12.0 Å². The van der Waals surface area contributed by atoms with Crippen LogP contribution in [0.3, 0.4) is 0 Å². The number of fused-ring (bicyclic) bond motifs is 1. The molecule has 35 heavy (non-hydrogen) atoms. The summed E-state index contributed by atoms with van der Waals surface area (Å²) in [6.07, 6.45) is 6.17. The first-order valence-corrected chi connectivity index (χ1v) is 12.0. The predicted molar refractivity (Wildman–Crippen MR) is 135 cm³/mol. The first kappa shape index (κ1) is 24.3. The number of nitrogens with one attached hydrogen (secondary N) is 2. The van der Waals surface area contributed by atoms with Gasteiger partial charge in [0.25, 0.3) is 0 Å². The Hall–Kier alpha value is -3.80. The van der Waals surface area contributed by atoms with Crippen LogP contribution in [0.4, 0.5) is 15.9 Å². The van der Waals surface area contributed by atoms with Gasteiger partial charge in [0.1, 0.15) is 7.11 Å². The number of hydrogen-bond acceptors (Lipinski definition) is 9. The molecule has 0 radical (unpaired) electrons. The smallest absolute Gasteiger partial charge is 0.321 e. The van der Waals surface area contributed by atoms with E-state index in [1.54, 1.807) is 25.5 Å². The van der Waals surface area contributed by atoms with Gasteiger partial charge in [0.15, 0.2) is 5.13 Å². The number of rotatable bonds is 7. The number of nitrogens with zero attached hydrogens (tertiary/aromatic N) is 5. The second kappa shape index (κ2) is 10.2. The summed E-state index contributed by atoms with van der Waals surface area (Å²) >= 11 is 1.35. The van der Waals surface area contributed by atoms with Crippen molar-refractivity contribution < 1.29 is 19.5 Å². The maximum absolute atomic E-state index is 11.9. The third-order valence-corrected chi connectivity index (χ3v) is 7.05. The van der Waals surface area contributed by atoms with E-state index in [2.05, 4.69) is 30.7 Å². The van der Waals surface area contributed by atoms with Crippen molar-refractivity contribution in [1.82, 2.24) is 20.3 Å². The van der Waals surface area contributed by atoms with Crippen molar-refractivity contribution in [3.63, 3.8) is 0 Å². The van der Waals surface area contributed by atoms with Crippen LogP contribution >= 0.6 is 11.3 Å². The Bertz CT molecular complexity index is 1250. The second-order valence-corrected chi connectivity index (χ2v) is 9.46. The topological polar surface area (TPSA) is 142 Å². The molecule has 1 aromatic carbocycles. The van der Waals surface area contributed by atoms with Gasteiger partial charge in [-0.3, -0.25) is 10.1 Å². The van der Waals surface area contributed by atoms with E-state index in [-0.39, 0.29) is 6.03 Å². The molecular weight excluding hydrogens is 470 g/mol. The molecule has 0 spiro atoms. The molecule has 0 atom stereocenters. The lowest BCUT2D eigenvalue weighted by atomic mass is 9.80. The molecule has 184 valence electrons. The van der Waals surface area contributed by atoms with Gasteiger partial charge in [-0.2, -0.15) is 0 Å². The number of aromatic nitrogens is 3. The molecule has 0 saturated carbocycles. The number of benzene rings is 1. The van der Waals surface area contributed by atoms with Gasteiger partial charge in [-0.25, -0.2) is 19.7 Å². The van der Waals surface area contributed by atoms with Crippen LogP contribution in [0.2, 0.25) is 0 Å². The summed E-state index contributed by atoms with van der Waals surface area (Å²) in [5, 5.41) is 19.2. The molecule has 0 aliphatic carbocycles. The van der Waals surface area contributed by atoms with Crippen LogP contribution in [0, 0.1) is 5.41 Å². The number of piperidine rings is 1. The lowest BCUT2D eigenvalue weighted by Crippen LogP contribution is -2.43. The Labute approximate surface area is 206 Å². The summed E-state index contributed by atoms with van der Waals surface area (Å²) in [7, 11) is 1.47. The minimum absolute atomic E-state index is 0.316. The molecule has 4 rings (SSSR count). The Kier molecular flexibility index (Phi) is 7.10. The van der Waals surface area contributed by atoms with Crippen LogP contribution < -0.4 is 15.5 Å². The Balaban J connectivity index is 1.59. The molecule has 3 N–H and O–H groups in total. The quantitative estimate of drug-likeness (QED) is 0.332. The Morgan fingerprint density at radius 1 is 1.26 bits per heavy atom. The fourth-order valence-corrected chi connectivity index (χ4v) is 4.75. The lowest BCUT2D eigenvalue weighted by molar-refractivity contribution is -0.149. The van der Waals surface area contributed by atoms with Gasteiger partial charge in [-0.1, -0.05) is 16.5 Å². The maximum atomic E-state index is 11.9. The molecule has 0 unspecified atom stereocenters. The van der Waals surface area contributed by atoms with Crippen LogP contribution in [-0.2, 0) is 9.63 Å². The van der Waals surface area contributed by atoms with Crippen LogP contribution in [-0.4, -0.2) is 65.0 Å². The SMILES string of the molecule is CCNC(=O)Nc1nc2cc(-c3cnc(N4CCC(C)(C(=O)O)CC4)nc3)cc(/C=N\OC)c2s1. The molecule has 3 heterocycles. The second-order valence-electron chi connectivity index (χ2n) is 8.46. The van der Waals surface area contributed by atoms with Crippen LogP contribution in [0.5, 0.6) is 0 Å². The summed E-state index contributed by atoms with van der Waals surface area (Å²) in [6.45, 7) is 5.32. The van der Waals surface area contributed by atoms with Gasteiger partial charge < -0.3 is 20.2 Å². The highest BCUT2D eigenvalue weighted by atomic mass is 32.1. The highest BCUT2D eigenvalue weighted by Gasteiger charge is 2.37. The van der Waals surface area contributed by atoms with E-state index in [0.717, 1.165) is 21.4 Å². The minimum Gasteiger partial charge on any atom is -0.481 e. The monoisotopic (exact) mass is 497 g/mol. The van der Waals surface area contributed by atoms with Crippen LogP contribution in [0.15, 0.2) is 29.7 Å². The van der Waals surface area contributed by atoms with Gasteiger partial charge in [0.05, 0.1) is 21.8 Å². The molecule has 0 bridgehead atoms. The number of anilines is 2. The Morgan fingerprint density at radius 3 is 2.60 bits per heavy atom. The molecule has 1 aliphatic heterocycles. The lowest BCUT2D eigenvalue weighted by Gasteiger charge is -2.36. The molecule has 2 amide bonds.